The highest BCUT2D eigenvalue weighted by Crippen LogP contribution is 2.25. The number of likely N-dealkylation sites (tertiary alicyclic amines) is 1. The monoisotopic (exact) mass is 574 g/mol. The highest BCUT2D eigenvalue weighted by molar-refractivity contribution is 5.96. The highest BCUT2D eigenvalue weighted by atomic mass is 16.1. The van der Waals surface area contributed by atoms with Crippen LogP contribution >= 0.6 is 0 Å². The molecule has 2 saturated heterocycles. The van der Waals surface area contributed by atoms with Crippen molar-refractivity contribution >= 4 is 22.4 Å². The third kappa shape index (κ3) is 7.51. The molecule has 2 aromatic heterocycles. The van der Waals surface area contributed by atoms with Gasteiger partial charge < -0.3 is 9.88 Å². The number of nitriles is 1. The van der Waals surface area contributed by atoms with Crippen LogP contribution in [0.2, 0.25) is 0 Å². The summed E-state index contributed by atoms with van der Waals surface area (Å²) in [7, 11) is 0. The Balaban J connectivity index is 0.895. The highest BCUT2D eigenvalue weighted by Gasteiger charge is 2.21. The molecule has 2 aliphatic rings. The molecular formula is C36H42N6O. The second-order valence-corrected chi connectivity index (χ2v) is 12.2. The van der Waals surface area contributed by atoms with Crippen molar-refractivity contribution in [1.82, 2.24) is 19.8 Å². The molecule has 0 bridgehead atoms. The number of fused-ring (bicyclic) bond motifs is 1. The molecule has 7 nitrogen and oxygen atoms in total. The molecule has 222 valence electrons. The number of pyridine rings is 1. The first-order valence-corrected chi connectivity index (χ1v) is 15.9. The van der Waals surface area contributed by atoms with Crippen LogP contribution in [0.4, 0.5) is 5.69 Å². The van der Waals surface area contributed by atoms with Crippen LogP contribution in [0.25, 0.3) is 10.9 Å². The Morgan fingerprint density at radius 2 is 1.79 bits per heavy atom. The van der Waals surface area contributed by atoms with E-state index < -0.39 is 0 Å². The van der Waals surface area contributed by atoms with E-state index in [2.05, 4.69) is 55.1 Å². The molecule has 1 N–H and O–H groups in total. The Labute approximate surface area is 255 Å². The van der Waals surface area contributed by atoms with Crippen molar-refractivity contribution < 1.29 is 4.79 Å². The van der Waals surface area contributed by atoms with Crippen LogP contribution in [0, 0.1) is 17.2 Å². The summed E-state index contributed by atoms with van der Waals surface area (Å²) in [5, 5.41) is 10.4. The first-order chi connectivity index (χ1) is 21.1. The van der Waals surface area contributed by atoms with Crippen LogP contribution in [0.5, 0.6) is 0 Å². The van der Waals surface area contributed by atoms with Crippen molar-refractivity contribution in [2.24, 2.45) is 5.92 Å². The van der Waals surface area contributed by atoms with Crippen LogP contribution in [-0.4, -0.2) is 71.4 Å². The van der Waals surface area contributed by atoms with Gasteiger partial charge in [0.2, 0.25) is 0 Å². The maximum Gasteiger partial charge on any atom is 0.162 e. The molecular weight excluding hydrogens is 532 g/mol. The molecule has 2 fully saturated rings. The Morgan fingerprint density at radius 1 is 0.977 bits per heavy atom. The fraction of sp³-hybridized carbons (Fsp3) is 0.417. The number of aryl methyl sites for hydroxylation is 1. The first-order valence-electron chi connectivity index (χ1n) is 15.9. The van der Waals surface area contributed by atoms with Gasteiger partial charge in [-0.2, -0.15) is 5.26 Å². The van der Waals surface area contributed by atoms with Gasteiger partial charge in [0.1, 0.15) is 0 Å². The van der Waals surface area contributed by atoms with Gasteiger partial charge in [-0.1, -0.05) is 6.07 Å². The van der Waals surface area contributed by atoms with E-state index in [0.717, 1.165) is 82.7 Å². The van der Waals surface area contributed by atoms with E-state index in [4.69, 9.17) is 0 Å². The van der Waals surface area contributed by atoms with E-state index in [1.807, 2.05) is 48.8 Å². The number of anilines is 1. The van der Waals surface area contributed by atoms with Gasteiger partial charge in [0.15, 0.2) is 5.78 Å². The minimum absolute atomic E-state index is 0.271. The van der Waals surface area contributed by atoms with E-state index in [1.165, 1.54) is 35.0 Å². The number of ketones is 1. The smallest absolute Gasteiger partial charge is 0.162 e. The fourth-order valence-corrected chi connectivity index (χ4v) is 6.70. The second kappa shape index (κ2) is 14.0. The van der Waals surface area contributed by atoms with E-state index >= 15 is 0 Å². The van der Waals surface area contributed by atoms with Crippen molar-refractivity contribution in [3.63, 3.8) is 0 Å². The largest absolute Gasteiger partial charge is 0.369 e. The zero-order chi connectivity index (χ0) is 29.4. The van der Waals surface area contributed by atoms with Crippen molar-refractivity contribution in [2.75, 3.05) is 50.7 Å². The van der Waals surface area contributed by atoms with Gasteiger partial charge in [0.05, 0.1) is 11.6 Å². The van der Waals surface area contributed by atoms with Crippen LogP contribution in [-0.2, 0) is 13.0 Å². The summed E-state index contributed by atoms with van der Waals surface area (Å²) in [5.41, 5.74) is 6.44. The number of hydrogen-bond donors (Lipinski definition) is 1. The molecule has 4 aromatic rings. The number of piperazine rings is 1. The minimum Gasteiger partial charge on any atom is -0.369 e. The van der Waals surface area contributed by atoms with Crippen molar-refractivity contribution in [2.45, 2.75) is 45.1 Å². The maximum atomic E-state index is 13.0. The van der Waals surface area contributed by atoms with E-state index in [9.17, 15) is 10.1 Å². The Hall–Kier alpha value is -3.99. The average Bonchev–Trinajstić information content (AvgIpc) is 3.47. The number of hydrogen-bond acceptors (Lipinski definition) is 6. The Bertz CT molecular complexity index is 1520. The zero-order valence-electron chi connectivity index (χ0n) is 25.0. The summed E-state index contributed by atoms with van der Waals surface area (Å²) >= 11 is 0. The predicted octanol–water partition coefficient (Wildman–Crippen LogP) is 6.06. The molecule has 7 heteroatoms. The molecule has 4 heterocycles. The van der Waals surface area contributed by atoms with Gasteiger partial charge in [-0.15, -0.1) is 0 Å². The molecule has 0 saturated carbocycles. The van der Waals surface area contributed by atoms with E-state index in [0.29, 0.717) is 17.9 Å². The van der Waals surface area contributed by atoms with Crippen molar-refractivity contribution in [3.8, 4) is 6.07 Å². The van der Waals surface area contributed by atoms with Crippen LogP contribution in [0.3, 0.4) is 0 Å². The van der Waals surface area contributed by atoms with Gasteiger partial charge in [0.25, 0.3) is 0 Å². The number of rotatable bonds is 11. The lowest BCUT2D eigenvalue weighted by Gasteiger charge is -2.36. The second-order valence-electron chi connectivity index (χ2n) is 12.2. The summed E-state index contributed by atoms with van der Waals surface area (Å²) < 4.78 is 0. The molecule has 0 radical (unpaired) electrons. The van der Waals surface area contributed by atoms with Gasteiger partial charge in [-0.3, -0.25) is 19.6 Å². The summed E-state index contributed by atoms with van der Waals surface area (Å²) in [6.45, 7) is 8.36. The lowest BCUT2D eigenvalue weighted by atomic mass is 9.90. The minimum atomic E-state index is 0.271. The molecule has 2 aliphatic heterocycles. The number of Topliss-reactive ketones (excluding diaryl/α,β-unsaturated/α-hetero) is 1. The first kappa shape index (κ1) is 29.1. The molecule has 0 unspecified atom stereocenters. The third-order valence-corrected chi connectivity index (χ3v) is 9.36. The van der Waals surface area contributed by atoms with Crippen molar-refractivity contribution in [3.05, 3.63) is 95.4 Å². The quantitative estimate of drug-likeness (QED) is 0.219. The summed E-state index contributed by atoms with van der Waals surface area (Å²) in [4.78, 5) is 28.0. The number of aromatic nitrogens is 2. The van der Waals surface area contributed by atoms with E-state index in [1.54, 1.807) is 0 Å². The fourth-order valence-electron chi connectivity index (χ4n) is 6.70. The maximum absolute atomic E-state index is 13.0. The van der Waals surface area contributed by atoms with Crippen LogP contribution in [0.15, 0.2) is 73.2 Å². The Morgan fingerprint density at radius 3 is 2.53 bits per heavy atom. The predicted molar refractivity (Wildman–Crippen MR) is 172 cm³/mol. The number of carbonyl (C=O) groups excluding carboxylic acids is 1. The normalized spacial score (nSPS) is 16.9. The molecule has 0 atom stereocenters. The molecule has 2 aromatic carbocycles. The number of piperidine rings is 1. The van der Waals surface area contributed by atoms with Crippen LogP contribution in [0.1, 0.15) is 59.2 Å². The summed E-state index contributed by atoms with van der Waals surface area (Å²) in [6.07, 6.45) is 12.0. The topological polar surface area (TPSA) is 79.3 Å². The lowest BCUT2D eigenvalue weighted by molar-refractivity contribution is 0.0961. The van der Waals surface area contributed by atoms with Gasteiger partial charge in [-0.05, 0) is 117 Å². The molecule has 0 spiro atoms. The van der Waals surface area contributed by atoms with Gasteiger partial charge in [-0.25, -0.2) is 0 Å². The SMILES string of the molecule is N#Cc1ccc2[nH]cc(CCCN3CCN(c4ccc(C(=O)CCC5CCN(Cc6cccnc6)CC5)cc4)CC3)c2c1. The van der Waals surface area contributed by atoms with Gasteiger partial charge in [0, 0.05) is 79.9 Å². The molecule has 0 amide bonds. The standard InChI is InChI=1S/C36H42N6O/c37-24-29-5-11-35-34(23-29)32(26-39-35)4-2-16-40-19-21-42(22-20-40)33-9-7-31(8-10-33)36(43)12-6-28-13-17-41(18-14-28)27-30-3-1-15-38-25-30/h1,3,5,7-11,15,23,25-26,28,39H,2,4,6,12-14,16-22,27H2. The number of carbonyl (C=O) groups is 1. The number of aromatic amines is 1. The lowest BCUT2D eigenvalue weighted by Crippen LogP contribution is -2.46. The van der Waals surface area contributed by atoms with Crippen LogP contribution < -0.4 is 4.90 Å². The summed E-state index contributed by atoms with van der Waals surface area (Å²) in [5.74, 6) is 0.914. The molecule has 6 rings (SSSR count). The number of benzene rings is 2. The number of H-pyrrole nitrogens is 1. The number of nitrogens with zero attached hydrogens (tertiary/aromatic N) is 5. The molecule has 0 aliphatic carbocycles. The average molecular weight is 575 g/mol. The third-order valence-electron chi connectivity index (χ3n) is 9.36. The molecule has 43 heavy (non-hydrogen) atoms. The van der Waals surface area contributed by atoms with E-state index in [-0.39, 0.29) is 5.78 Å². The van der Waals surface area contributed by atoms with Gasteiger partial charge >= 0.3 is 0 Å². The number of nitrogens with one attached hydrogen (secondary N) is 1. The van der Waals surface area contributed by atoms with Crippen molar-refractivity contribution in [1.29, 1.82) is 5.26 Å². The Kier molecular flexibility index (Phi) is 9.47. The summed E-state index contributed by atoms with van der Waals surface area (Å²) in [6, 6.07) is 20.6. The zero-order valence-corrected chi connectivity index (χ0v) is 25.0.